The maximum atomic E-state index is 10.9. The van der Waals surface area contributed by atoms with E-state index in [1.807, 2.05) is 20.8 Å². The third kappa shape index (κ3) is 6.31. The molecule has 0 aromatic rings. The molecule has 0 aromatic heterocycles. The molecule has 0 aliphatic carbocycles. The molecule has 0 atom stereocenters. The molecule has 0 heterocycles. The lowest BCUT2D eigenvalue weighted by Gasteiger charge is -2.37. The van der Waals surface area contributed by atoms with E-state index in [-0.39, 0.29) is 0 Å². The molecule has 1 amide bonds. The highest BCUT2D eigenvalue weighted by Gasteiger charge is 2.19. The van der Waals surface area contributed by atoms with Crippen LogP contribution in [0.25, 0.3) is 0 Å². The topological polar surface area (TPSA) is 69.4 Å². The number of nitrogens with zero attached hydrogens (tertiary/aromatic N) is 1. The van der Waals surface area contributed by atoms with Crippen LogP contribution in [0.15, 0.2) is 0 Å². The molecular formula is C12H21N2O2-. The normalized spacial score (nSPS) is 10.5. The number of carbonyl (C=O) groups excluding carboxylic acids is 1. The van der Waals surface area contributed by atoms with E-state index in [9.17, 15) is 9.90 Å². The Hall–Kier alpha value is -1.21. The van der Waals surface area contributed by atoms with Crippen LogP contribution in [0.5, 0.6) is 0 Å². The number of hydrogen-bond acceptors (Lipinski definition) is 3. The lowest BCUT2D eigenvalue weighted by Crippen LogP contribution is -2.51. The minimum absolute atomic E-state index is 0.390. The maximum Gasteiger partial charge on any atom is 0.137 e. The SMILES string of the molecule is CC(C)(C)N(CCC#CCCCN)C(=O)[O-]. The number of rotatable bonds is 4. The molecule has 0 spiro atoms. The van der Waals surface area contributed by atoms with Gasteiger partial charge in [0.15, 0.2) is 0 Å². The first-order valence-electron chi connectivity index (χ1n) is 5.54. The van der Waals surface area contributed by atoms with Crippen LogP contribution in [0.3, 0.4) is 0 Å². The van der Waals surface area contributed by atoms with Gasteiger partial charge in [-0.15, -0.1) is 11.8 Å². The monoisotopic (exact) mass is 225 g/mol. The lowest BCUT2D eigenvalue weighted by molar-refractivity contribution is -0.270. The zero-order chi connectivity index (χ0) is 12.6. The Kier molecular flexibility index (Phi) is 6.59. The minimum atomic E-state index is -1.14. The number of carbonyl (C=O) groups is 1. The molecule has 0 bridgehead atoms. The Morgan fingerprint density at radius 3 is 2.31 bits per heavy atom. The van der Waals surface area contributed by atoms with Crippen LogP contribution in [0, 0.1) is 11.8 Å². The van der Waals surface area contributed by atoms with E-state index in [4.69, 9.17) is 5.73 Å². The molecule has 0 rings (SSSR count). The van der Waals surface area contributed by atoms with Gasteiger partial charge in [0.1, 0.15) is 6.09 Å². The molecule has 0 aromatic carbocycles. The quantitative estimate of drug-likeness (QED) is 0.561. The Morgan fingerprint density at radius 2 is 1.88 bits per heavy atom. The van der Waals surface area contributed by atoms with Gasteiger partial charge in [0, 0.05) is 24.9 Å². The average Bonchev–Trinajstić information content (AvgIpc) is 2.13. The van der Waals surface area contributed by atoms with Crippen molar-refractivity contribution in [2.24, 2.45) is 5.73 Å². The van der Waals surface area contributed by atoms with Gasteiger partial charge in [-0.1, -0.05) is 0 Å². The van der Waals surface area contributed by atoms with E-state index in [2.05, 4.69) is 11.8 Å². The smallest absolute Gasteiger partial charge is 0.137 e. The van der Waals surface area contributed by atoms with Crippen molar-refractivity contribution < 1.29 is 9.90 Å². The van der Waals surface area contributed by atoms with Gasteiger partial charge in [0.2, 0.25) is 0 Å². The average molecular weight is 225 g/mol. The van der Waals surface area contributed by atoms with Crippen molar-refractivity contribution in [1.29, 1.82) is 0 Å². The van der Waals surface area contributed by atoms with Gasteiger partial charge in [-0.3, -0.25) is 0 Å². The highest BCUT2D eigenvalue weighted by Crippen LogP contribution is 2.12. The summed E-state index contributed by atoms with van der Waals surface area (Å²) < 4.78 is 0. The summed E-state index contributed by atoms with van der Waals surface area (Å²) in [5.74, 6) is 5.90. The number of unbranched alkanes of at least 4 members (excludes halogenated alkanes) is 1. The second-order valence-electron chi connectivity index (χ2n) is 4.58. The molecule has 16 heavy (non-hydrogen) atoms. The lowest BCUT2D eigenvalue weighted by atomic mass is 10.1. The standard InChI is InChI=1S/C12H22N2O2/c1-12(2,3)14(11(15)16)10-8-6-4-5-7-9-13/h5,7-10,13H2,1-3H3,(H,15,16)/p-1. The van der Waals surface area contributed by atoms with Crippen molar-refractivity contribution in [3.63, 3.8) is 0 Å². The fourth-order valence-corrected chi connectivity index (χ4v) is 1.24. The van der Waals surface area contributed by atoms with E-state index in [1.165, 1.54) is 4.90 Å². The summed E-state index contributed by atoms with van der Waals surface area (Å²) in [7, 11) is 0. The van der Waals surface area contributed by atoms with Crippen LogP contribution >= 0.6 is 0 Å². The van der Waals surface area contributed by atoms with Crippen molar-refractivity contribution in [1.82, 2.24) is 4.90 Å². The number of amides is 1. The summed E-state index contributed by atoms with van der Waals surface area (Å²) in [6.07, 6.45) is 1.06. The molecule has 4 heteroatoms. The highest BCUT2D eigenvalue weighted by atomic mass is 16.4. The molecule has 0 aliphatic rings. The number of carboxylic acid groups (broad SMARTS) is 1. The first-order valence-corrected chi connectivity index (χ1v) is 5.54. The largest absolute Gasteiger partial charge is 0.530 e. The molecular weight excluding hydrogens is 204 g/mol. The summed E-state index contributed by atoms with van der Waals surface area (Å²) in [6.45, 7) is 6.54. The molecule has 92 valence electrons. The van der Waals surface area contributed by atoms with Crippen molar-refractivity contribution in [3.8, 4) is 11.8 Å². The number of nitrogens with two attached hydrogens (primary N) is 1. The van der Waals surface area contributed by atoms with Crippen LogP contribution in [0.4, 0.5) is 4.79 Å². The zero-order valence-electron chi connectivity index (χ0n) is 10.4. The molecule has 0 radical (unpaired) electrons. The third-order valence-electron chi connectivity index (χ3n) is 2.12. The Labute approximate surface area is 97.8 Å². The van der Waals surface area contributed by atoms with Crippen molar-refractivity contribution >= 4 is 6.09 Å². The predicted molar refractivity (Wildman–Crippen MR) is 62.5 cm³/mol. The minimum Gasteiger partial charge on any atom is -0.530 e. The summed E-state index contributed by atoms with van der Waals surface area (Å²) in [6, 6.07) is 0. The van der Waals surface area contributed by atoms with Gasteiger partial charge in [0.05, 0.1) is 0 Å². The van der Waals surface area contributed by atoms with Crippen molar-refractivity contribution in [3.05, 3.63) is 0 Å². The molecule has 0 fully saturated rings. The second-order valence-corrected chi connectivity index (χ2v) is 4.58. The molecule has 0 saturated heterocycles. The predicted octanol–water partition coefficient (Wildman–Crippen LogP) is 0.563. The van der Waals surface area contributed by atoms with E-state index in [0.717, 1.165) is 12.8 Å². The summed E-state index contributed by atoms with van der Waals surface area (Å²) in [5.41, 5.74) is 4.89. The first kappa shape index (κ1) is 14.8. The van der Waals surface area contributed by atoms with Gasteiger partial charge in [-0.25, -0.2) is 0 Å². The Morgan fingerprint density at radius 1 is 1.31 bits per heavy atom. The maximum absolute atomic E-state index is 10.9. The van der Waals surface area contributed by atoms with Crippen LogP contribution in [0.1, 0.15) is 40.0 Å². The highest BCUT2D eigenvalue weighted by molar-refractivity contribution is 5.63. The van der Waals surface area contributed by atoms with Crippen molar-refractivity contribution in [2.75, 3.05) is 13.1 Å². The fourth-order valence-electron chi connectivity index (χ4n) is 1.24. The van der Waals surface area contributed by atoms with Crippen LogP contribution in [-0.2, 0) is 0 Å². The molecule has 2 N–H and O–H groups in total. The Balaban J connectivity index is 4.03. The molecule has 4 nitrogen and oxygen atoms in total. The zero-order valence-corrected chi connectivity index (χ0v) is 10.4. The van der Waals surface area contributed by atoms with Gasteiger partial charge in [-0.2, -0.15) is 0 Å². The van der Waals surface area contributed by atoms with Gasteiger partial charge in [-0.05, 0) is 33.7 Å². The van der Waals surface area contributed by atoms with E-state index < -0.39 is 11.6 Å². The van der Waals surface area contributed by atoms with Gasteiger partial charge in [0.25, 0.3) is 0 Å². The van der Waals surface area contributed by atoms with E-state index in [0.29, 0.717) is 19.5 Å². The fraction of sp³-hybridized carbons (Fsp3) is 0.750. The van der Waals surface area contributed by atoms with E-state index in [1.54, 1.807) is 0 Å². The van der Waals surface area contributed by atoms with E-state index >= 15 is 0 Å². The Bertz CT molecular complexity index is 271. The molecule has 0 aliphatic heterocycles. The van der Waals surface area contributed by atoms with Gasteiger partial charge >= 0.3 is 0 Å². The summed E-state index contributed by atoms with van der Waals surface area (Å²) >= 11 is 0. The number of hydrogen-bond donors (Lipinski definition) is 1. The third-order valence-corrected chi connectivity index (χ3v) is 2.12. The summed E-state index contributed by atoms with van der Waals surface area (Å²) in [4.78, 5) is 12.2. The van der Waals surface area contributed by atoms with Crippen LogP contribution < -0.4 is 10.8 Å². The first-order chi connectivity index (χ1) is 7.39. The van der Waals surface area contributed by atoms with Gasteiger partial charge < -0.3 is 20.5 Å². The summed E-state index contributed by atoms with van der Waals surface area (Å²) in [5, 5.41) is 10.9. The molecule has 0 saturated carbocycles. The van der Waals surface area contributed by atoms with Crippen LogP contribution in [0.2, 0.25) is 0 Å². The second kappa shape index (κ2) is 7.13. The van der Waals surface area contributed by atoms with Crippen LogP contribution in [-0.4, -0.2) is 29.6 Å². The van der Waals surface area contributed by atoms with Crippen molar-refractivity contribution in [2.45, 2.75) is 45.6 Å². The molecule has 0 unspecified atom stereocenters.